The van der Waals surface area contributed by atoms with E-state index in [4.69, 9.17) is 9.29 Å². The smallest absolute Gasteiger partial charge is 0.438 e. The third kappa shape index (κ3) is 3.86. The van der Waals surface area contributed by atoms with Gasteiger partial charge >= 0.3 is 29.9 Å². The molecule has 4 atom stereocenters. The Morgan fingerprint density at radius 2 is 1.74 bits per heavy atom. The summed E-state index contributed by atoms with van der Waals surface area (Å²) in [5, 5.41) is 0. The van der Waals surface area contributed by atoms with Gasteiger partial charge in [-0.25, -0.2) is 0 Å². The van der Waals surface area contributed by atoms with Crippen LogP contribution >= 0.6 is 0 Å². The van der Waals surface area contributed by atoms with Crippen LogP contribution in [0.4, 0.5) is 26.3 Å². The van der Waals surface area contributed by atoms with E-state index in [0.717, 1.165) is 0 Å². The van der Waals surface area contributed by atoms with Crippen molar-refractivity contribution in [3.8, 4) is 0 Å². The molecule has 27 heavy (non-hydrogen) atoms. The minimum absolute atomic E-state index is 0.125. The van der Waals surface area contributed by atoms with Crippen LogP contribution in [0.2, 0.25) is 0 Å². The molecule has 14 heteroatoms. The summed E-state index contributed by atoms with van der Waals surface area (Å²) in [5.41, 5.74) is -5.48. The maximum absolute atomic E-state index is 13.2. The average molecular weight is 428 g/mol. The highest BCUT2D eigenvalue weighted by molar-refractivity contribution is 7.85. The summed E-state index contributed by atoms with van der Waals surface area (Å²) in [7, 11) is -5.87. The lowest BCUT2D eigenvalue weighted by molar-refractivity contribution is -0.362. The summed E-state index contributed by atoms with van der Waals surface area (Å²) >= 11 is 0. The number of hydrogen-bond acceptors (Lipinski definition) is 6. The first-order valence-electron chi connectivity index (χ1n) is 7.48. The summed E-state index contributed by atoms with van der Waals surface area (Å²) in [6, 6.07) is 0. The van der Waals surface area contributed by atoms with Crippen molar-refractivity contribution in [1.29, 1.82) is 0 Å². The predicted molar refractivity (Wildman–Crippen MR) is 72.6 cm³/mol. The van der Waals surface area contributed by atoms with Gasteiger partial charge in [-0.05, 0) is 12.3 Å². The van der Waals surface area contributed by atoms with Crippen molar-refractivity contribution in [2.24, 2.45) is 23.7 Å². The van der Waals surface area contributed by atoms with Gasteiger partial charge in [0.15, 0.2) is 0 Å². The van der Waals surface area contributed by atoms with Gasteiger partial charge in [0.2, 0.25) is 0 Å². The summed E-state index contributed by atoms with van der Waals surface area (Å²) in [5.74, 6) is -10.3. The lowest BCUT2D eigenvalue weighted by Gasteiger charge is -2.37. The summed E-state index contributed by atoms with van der Waals surface area (Å²) in [4.78, 5) is 24.0. The van der Waals surface area contributed by atoms with Gasteiger partial charge in [0, 0.05) is 5.92 Å². The Bertz CT molecular complexity index is 714. The molecule has 2 fully saturated rings. The quantitative estimate of drug-likeness (QED) is 0.413. The zero-order valence-corrected chi connectivity index (χ0v) is 14.3. The number of cyclic esters (lactones) is 1. The highest BCUT2D eigenvalue weighted by Crippen LogP contribution is 2.50. The summed E-state index contributed by atoms with van der Waals surface area (Å²) < 4.78 is 118. The van der Waals surface area contributed by atoms with Crippen LogP contribution in [0.1, 0.15) is 13.3 Å². The first-order valence-corrected chi connectivity index (χ1v) is 9.09. The zero-order chi connectivity index (χ0) is 21.0. The highest BCUT2D eigenvalue weighted by atomic mass is 32.2. The second kappa shape index (κ2) is 6.50. The molecule has 2 rings (SSSR count). The van der Waals surface area contributed by atoms with E-state index in [1.807, 2.05) is 0 Å². The Hall–Kier alpha value is -1.57. The lowest BCUT2D eigenvalue weighted by atomic mass is 9.85. The fourth-order valence-corrected chi connectivity index (χ4v) is 4.46. The van der Waals surface area contributed by atoms with E-state index >= 15 is 0 Å². The maximum atomic E-state index is 13.2. The van der Waals surface area contributed by atoms with Crippen LogP contribution in [0.3, 0.4) is 0 Å². The van der Waals surface area contributed by atoms with Gasteiger partial charge in [-0.3, -0.25) is 14.1 Å². The van der Waals surface area contributed by atoms with E-state index in [0.29, 0.717) is 0 Å². The molecule has 1 aliphatic heterocycles. The molecule has 1 heterocycles. The van der Waals surface area contributed by atoms with E-state index in [9.17, 15) is 44.3 Å². The fraction of sp³-hybridized carbons (Fsp3) is 0.846. The monoisotopic (exact) mass is 428 g/mol. The highest BCUT2D eigenvalue weighted by Gasteiger charge is 2.76. The third-order valence-corrected chi connectivity index (χ3v) is 5.51. The summed E-state index contributed by atoms with van der Waals surface area (Å²) in [6.07, 6.45) is -12.7. The summed E-state index contributed by atoms with van der Waals surface area (Å²) in [6.45, 7) is 1.08. The molecule has 4 unspecified atom stereocenters. The van der Waals surface area contributed by atoms with E-state index in [-0.39, 0.29) is 13.0 Å². The van der Waals surface area contributed by atoms with Crippen LogP contribution in [0.5, 0.6) is 0 Å². The zero-order valence-electron chi connectivity index (χ0n) is 13.5. The molecule has 2 aliphatic rings. The molecule has 0 aromatic carbocycles. The molecule has 0 amide bonds. The number of halogens is 6. The van der Waals surface area contributed by atoms with E-state index < -0.39 is 69.4 Å². The fourth-order valence-electron chi connectivity index (χ4n) is 3.56. The Morgan fingerprint density at radius 3 is 2.19 bits per heavy atom. The Balaban J connectivity index is 2.47. The molecule has 0 aromatic rings. The van der Waals surface area contributed by atoms with Crippen molar-refractivity contribution in [1.82, 2.24) is 0 Å². The number of hydrogen-bond donors (Lipinski definition) is 1. The number of alkyl halides is 6. The van der Waals surface area contributed by atoms with Gasteiger partial charge in [-0.2, -0.15) is 34.8 Å². The first kappa shape index (κ1) is 21.7. The van der Waals surface area contributed by atoms with Crippen LogP contribution in [-0.2, 0) is 29.2 Å². The van der Waals surface area contributed by atoms with Crippen molar-refractivity contribution in [2.45, 2.75) is 31.3 Å². The SMILES string of the molecule is CC1CC2COC(=O)C1C2C(=O)OC(CS(=O)(=O)O)(C(F)(F)F)C(F)(F)F. The molecule has 0 spiro atoms. The van der Waals surface area contributed by atoms with Crippen LogP contribution in [0, 0.1) is 23.7 Å². The predicted octanol–water partition coefficient (Wildman–Crippen LogP) is 1.73. The first-order chi connectivity index (χ1) is 12.0. The second-order valence-electron chi connectivity index (χ2n) is 6.62. The Kier molecular flexibility index (Phi) is 5.23. The van der Waals surface area contributed by atoms with Crippen molar-refractivity contribution in [2.75, 3.05) is 12.4 Å². The average Bonchev–Trinajstić information content (AvgIpc) is 2.69. The van der Waals surface area contributed by atoms with Crippen LogP contribution < -0.4 is 0 Å². The Labute approximate surface area is 148 Å². The third-order valence-electron chi connectivity index (χ3n) is 4.74. The maximum Gasteiger partial charge on any atom is 0.438 e. The normalized spacial score (nSPS) is 29.4. The van der Waals surface area contributed by atoms with E-state index in [2.05, 4.69) is 4.74 Å². The molecule has 2 bridgehead atoms. The van der Waals surface area contributed by atoms with Gasteiger partial charge in [0.25, 0.3) is 10.1 Å². The minimum atomic E-state index is -6.41. The van der Waals surface area contributed by atoms with E-state index in [1.54, 1.807) is 0 Å². The van der Waals surface area contributed by atoms with Crippen LogP contribution in [0.25, 0.3) is 0 Å². The number of ether oxygens (including phenoxy) is 2. The standard InChI is InChI=1S/C13H14F6O7S/c1-5-2-6-3-25-9(20)7(5)8(6)10(21)26-11(12(14,15)16,13(17,18)19)4-27(22,23)24/h5-8H,2-4H2,1H3,(H,22,23,24). The minimum Gasteiger partial charge on any atom is -0.465 e. The van der Waals surface area contributed by atoms with Gasteiger partial charge in [-0.15, -0.1) is 0 Å². The van der Waals surface area contributed by atoms with Crippen molar-refractivity contribution < 1.29 is 58.4 Å². The molecule has 0 radical (unpaired) electrons. The number of carbonyl (C=O) groups is 2. The van der Waals surface area contributed by atoms with Crippen LogP contribution in [-0.4, -0.2) is 55.2 Å². The largest absolute Gasteiger partial charge is 0.465 e. The topological polar surface area (TPSA) is 107 Å². The molecule has 7 nitrogen and oxygen atoms in total. The van der Waals surface area contributed by atoms with Crippen LogP contribution in [0.15, 0.2) is 0 Å². The van der Waals surface area contributed by atoms with Gasteiger partial charge in [0.1, 0.15) is 5.75 Å². The van der Waals surface area contributed by atoms with Crippen molar-refractivity contribution in [3.63, 3.8) is 0 Å². The molecular weight excluding hydrogens is 414 g/mol. The molecule has 0 aromatic heterocycles. The number of carbonyl (C=O) groups excluding carboxylic acids is 2. The molecule has 1 aliphatic carbocycles. The van der Waals surface area contributed by atoms with Crippen molar-refractivity contribution in [3.05, 3.63) is 0 Å². The molecule has 156 valence electrons. The van der Waals surface area contributed by atoms with Gasteiger partial charge < -0.3 is 9.47 Å². The van der Waals surface area contributed by atoms with E-state index in [1.165, 1.54) is 6.92 Å². The van der Waals surface area contributed by atoms with Crippen molar-refractivity contribution >= 4 is 22.1 Å². The Morgan fingerprint density at radius 1 is 1.22 bits per heavy atom. The molecule has 1 saturated carbocycles. The molecule has 1 N–H and O–H groups in total. The van der Waals surface area contributed by atoms with Gasteiger partial charge in [0.05, 0.1) is 18.4 Å². The number of esters is 2. The number of fused-ring (bicyclic) bond motifs is 2. The molecule has 1 saturated heterocycles. The van der Waals surface area contributed by atoms with Gasteiger partial charge in [-0.1, -0.05) is 6.92 Å². The molecular formula is C13H14F6O7S. The number of rotatable bonds is 4. The lowest BCUT2D eigenvalue weighted by Crippen LogP contribution is -2.64. The second-order valence-corrected chi connectivity index (χ2v) is 8.08.